The number of carbonyl (C=O) groups is 2. The third-order valence-corrected chi connectivity index (χ3v) is 8.56. The molecule has 1 fully saturated rings. The number of ether oxygens (including phenoxy) is 1. The summed E-state index contributed by atoms with van der Waals surface area (Å²) in [4.78, 5) is 30.2. The van der Waals surface area contributed by atoms with Crippen LogP contribution in [0.3, 0.4) is 0 Å². The van der Waals surface area contributed by atoms with Crippen LogP contribution < -0.4 is 19.7 Å². The highest BCUT2D eigenvalue weighted by molar-refractivity contribution is 7.87. The number of amides is 1. The van der Waals surface area contributed by atoms with Crippen molar-refractivity contribution in [1.82, 2.24) is 19.3 Å². The van der Waals surface area contributed by atoms with Gasteiger partial charge in [0.1, 0.15) is 17.5 Å². The average molecular weight is 606 g/mol. The number of benzene rings is 2. The first-order valence-electron chi connectivity index (χ1n) is 13.9. The Morgan fingerprint density at radius 2 is 1.67 bits per heavy atom. The third-order valence-electron chi connectivity index (χ3n) is 6.93. The number of pyridine rings is 1. The monoisotopic (exact) mass is 605 g/mol. The van der Waals surface area contributed by atoms with Crippen LogP contribution in [0.5, 0.6) is 5.75 Å². The molecule has 2 aromatic carbocycles. The minimum Gasteiger partial charge on any atom is -0.497 e. The zero-order valence-electron chi connectivity index (χ0n) is 24.1. The number of anilines is 1. The first kappa shape index (κ1) is 31.5. The standard InChI is InChI=1S/C31H35N5O6S/c1-3-4-28(31(38)39)34-43(40,41)36-19-17-35(18-20-36)26-11-7-23(8-12-26)5-6-24-15-16-32-29(21-24)30(37)33-22-25-9-13-27(42-2)14-10-25/h7-16,21,28,34H,3-4,17-20,22H2,1-2H3,(H,33,37)(H,38,39)/t28-/m0/s1. The summed E-state index contributed by atoms with van der Waals surface area (Å²) in [5, 5.41) is 12.2. The van der Waals surface area contributed by atoms with Crippen LogP contribution in [-0.2, 0) is 21.5 Å². The van der Waals surface area contributed by atoms with Gasteiger partial charge in [0.25, 0.3) is 16.1 Å². The molecule has 0 radical (unpaired) electrons. The van der Waals surface area contributed by atoms with E-state index in [1.165, 1.54) is 4.31 Å². The molecule has 0 bridgehead atoms. The molecule has 1 aliphatic rings. The number of carboxylic acid groups (broad SMARTS) is 1. The van der Waals surface area contributed by atoms with Gasteiger partial charge in [-0.15, -0.1) is 0 Å². The number of carbonyl (C=O) groups excluding carboxylic acids is 1. The fraction of sp³-hybridized carbons (Fsp3) is 0.323. The predicted octanol–water partition coefficient (Wildman–Crippen LogP) is 2.63. The van der Waals surface area contributed by atoms with E-state index in [0.717, 1.165) is 22.6 Å². The number of nitrogens with one attached hydrogen (secondary N) is 2. The molecule has 1 atom stereocenters. The topological polar surface area (TPSA) is 141 Å². The number of aliphatic carboxylic acids is 1. The molecule has 3 aromatic rings. The van der Waals surface area contributed by atoms with Gasteiger partial charge in [0.15, 0.2) is 0 Å². The van der Waals surface area contributed by atoms with Crippen molar-refractivity contribution in [3.63, 3.8) is 0 Å². The summed E-state index contributed by atoms with van der Waals surface area (Å²) in [6.07, 6.45) is 2.34. The molecule has 2 heterocycles. The van der Waals surface area contributed by atoms with Crippen molar-refractivity contribution in [3.05, 3.63) is 89.2 Å². The third kappa shape index (κ3) is 8.78. The van der Waals surface area contributed by atoms with Gasteiger partial charge in [-0.05, 0) is 60.5 Å². The zero-order chi connectivity index (χ0) is 30.8. The summed E-state index contributed by atoms with van der Waals surface area (Å²) >= 11 is 0. The van der Waals surface area contributed by atoms with Gasteiger partial charge in [-0.25, -0.2) is 0 Å². The molecule has 0 saturated carbocycles. The Hall–Kier alpha value is -4.44. The lowest BCUT2D eigenvalue weighted by Gasteiger charge is -2.35. The zero-order valence-corrected chi connectivity index (χ0v) is 24.9. The maximum atomic E-state index is 12.7. The van der Waals surface area contributed by atoms with Crippen molar-refractivity contribution in [2.75, 3.05) is 38.2 Å². The van der Waals surface area contributed by atoms with E-state index in [9.17, 15) is 23.1 Å². The number of piperazine rings is 1. The van der Waals surface area contributed by atoms with E-state index in [2.05, 4.69) is 31.8 Å². The molecule has 4 rings (SSSR count). The number of rotatable bonds is 11. The number of hydrogen-bond acceptors (Lipinski definition) is 7. The molecule has 0 aliphatic carbocycles. The van der Waals surface area contributed by atoms with Crippen molar-refractivity contribution >= 4 is 27.8 Å². The summed E-state index contributed by atoms with van der Waals surface area (Å²) in [5.74, 6) is 5.46. The molecule has 0 spiro atoms. The summed E-state index contributed by atoms with van der Waals surface area (Å²) in [6, 6.07) is 17.3. The number of methoxy groups -OCH3 is 1. The largest absolute Gasteiger partial charge is 0.497 e. The van der Waals surface area contributed by atoms with Crippen LogP contribution in [-0.4, -0.2) is 74.0 Å². The highest BCUT2D eigenvalue weighted by Gasteiger charge is 2.31. The Kier molecular flexibility index (Phi) is 10.7. The van der Waals surface area contributed by atoms with Gasteiger partial charge < -0.3 is 20.1 Å². The van der Waals surface area contributed by atoms with E-state index in [0.29, 0.717) is 31.6 Å². The van der Waals surface area contributed by atoms with Gasteiger partial charge in [0.05, 0.1) is 7.11 Å². The van der Waals surface area contributed by atoms with Gasteiger partial charge in [0.2, 0.25) is 0 Å². The lowest BCUT2D eigenvalue weighted by molar-refractivity contribution is -0.139. The molecular formula is C31H35N5O6S. The Bertz CT molecular complexity index is 1580. The second-order valence-electron chi connectivity index (χ2n) is 9.95. The first-order valence-corrected chi connectivity index (χ1v) is 15.4. The lowest BCUT2D eigenvalue weighted by atomic mass is 10.1. The summed E-state index contributed by atoms with van der Waals surface area (Å²) < 4.78 is 34.2. The molecule has 226 valence electrons. The molecule has 0 unspecified atom stereocenters. The summed E-state index contributed by atoms with van der Waals surface area (Å²) in [6.45, 7) is 3.59. The van der Waals surface area contributed by atoms with Crippen molar-refractivity contribution in [2.24, 2.45) is 0 Å². The minimum absolute atomic E-state index is 0.229. The maximum Gasteiger partial charge on any atom is 0.321 e. The highest BCUT2D eigenvalue weighted by atomic mass is 32.2. The van der Waals surface area contributed by atoms with Crippen LogP contribution in [0.25, 0.3) is 0 Å². The Balaban J connectivity index is 1.31. The Morgan fingerprint density at radius 3 is 2.30 bits per heavy atom. The maximum absolute atomic E-state index is 12.7. The molecule has 3 N–H and O–H groups in total. The smallest absolute Gasteiger partial charge is 0.321 e. The number of aromatic nitrogens is 1. The number of hydrogen-bond donors (Lipinski definition) is 3. The quantitative estimate of drug-likeness (QED) is 0.284. The highest BCUT2D eigenvalue weighted by Crippen LogP contribution is 2.19. The van der Waals surface area contributed by atoms with Crippen molar-refractivity contribution in [1.29, 1.82) is 0 Å². The second-order valence-corrected chi connectivity index (χ2v) is 11.6. The summed E-state index contributed by atoms with van der Waals surface area (Å²) in [7, 11) is -2.30. The molecular weight excluding hydrogens is 570 g/mol. The predicted molar refractivity (Wildman–Crippen MR) is 163 cm³/mol. The van der Waals surface area contributed by atoms with Crippen molar-refractivity contribution in [2.45, 2.75) is 32.4 Å². The molecule has 1 saturated heterocycles. The van der Waals surface area contributed by atoms with Crippen LogP contribution in [0.1, 0.15) is 46.9 Å². The van der Waals surface area contributed by atoms with Crippen LogP contribution >= 0.6 is 0 Å². The van der Waals surface area contributed by atoms with Crippen LogP contribution in [0.2, 0.25) is 0 Å². The minimum atomic E-state index is -3.90. The van der Waals surface area contributed by atoms with Crippen molar-refractivity contribution < 1.29 is 27.9 Å². The van der Waals surface area contributed by atoms with Gasteiger partial charge in [-0.3, -0.25) is 14.6 Å². The van der Waals surface area contributed by atoms with E-state index in [1.54, 1.807) is 25.4 Å². The average Bonchev–Trinajstić information content (AvgIpc) is 3.03. The van der Waals surface area contributed by atoms with Gasteiger partial charge in [-0.1, -0.05) is 37.3 Å². The fourth-order valence-corrected chi connectivity index (χ4v) is 5.88. The van der Waals surface area contributed by atoms with E-state index in [1.807, 2.05) is 55.5 Å². The molecule has 1 amide bonds. The lowest BCUT2D eigenvalue weighted by Crippen LogP contribution is -2.54. The second kappa shape index (κ2) is 14.6. The Labute approximate surface area is 252 Å². The van der Waals surface area contributed by atoms with E-state index in [-0.39, 0.29) is 31.1 Å². The van der Waals surface area contributed by atoms with Gasteiger partial charge in [0, 0.05) is 55.7 Å². The molecule has 12 heteroatoms. The number of carboxylic acids is 1. The van der Waals surface area contributed by atoms with E-state index >= 15 is 0 Å². The Morgan fingerprint density at radius 1 is 1.00 bits per heavy atom. The van der Waals surface area contributed by atoms with Crippen LogP contribution in [0.15, 0.2) is 66.9 Å². The van der Waals surface area contributed by atoms with Gasteiger partial charge >= 0.3 is 5.97 Å². The fourth-order valence-electron chi connectivity index (χ4n) is 4.51. The molecule has 1 aromatic heterocycles. The van der Waals surface area contributed by atoms with E-state index < -0.39 is 22.2 Å². The first-order chi connectivity index (χ1) is 20.7. The number of nitrogens with zero attached hydrogens (tertiary/aromatic N) is 3. The molecule has 1 aliphatic heterocycles. The van der Waals surface area contributed by atoms with Crippen molar-refractivity contribution in [3.8, 4) is 17.6 Å². The van der Waals surface area contributed by atoms with Crippen LogP contribution in [0.4, 0.5) is 5.69 Å². The summed E-state index contributed by atoms with van der Waals surface area (Å²) in [5.41, 5.74) is 3.59. The molecule has 11 nitrogen and oxygen atoms in total. The van der Waals surface area contributed by atoms with Crippen LogP contribution in [0, 0.1) is 11.8 Å². The SMILES string of the molecule is CCC[C@H](NS(=O)(=O)N1CCN(c2ccc(C#Cc3ccnc(C(=O)NCc4ccc(OC)cc4)c3)cc2)CC1)C(=O)O. The van der Waals surface area contributed by atoms with E-state index in [4.69, 9.17) is 4.74 Å². The molecule has 43 heavy (non-hydrogen) atoms. The normalized spacial score (nSPS) is 14.3. The van der Waals surface area contributed by atoms with Gasteiger partial charge in [-0.2, -0.15) is 17.4 Å².